The highest BCUT2D eigenvalue weighted by Crippen LogP contribution is 2.12. The molecule has 1 aromatic carbocycles. The number of amides is 1. The molecule has 1 N–H and O–H groups in total. The van der Waals surface area contributed by atoms with Gasteiger partial charge >= 0.3 is 0 Å². The minimum absolute atomic E-state index is 0.00178. The van der Waals surface area contributed by atoms with Gasteiger partial charge in [-0.3, -0.25) is 4.79 Å². The molecule has 1 rings (SSSR count). The number of rotatable bonds is 4. The highest BCUT2D eigenvalue weighted by atomic mass is 35.5. The monoisotopic (exact) mass is 225 g/mol. The van der Waals surface area contributed by atoms with E-state index in [2.05, 4.69) is 5.32 Å². The summed E-state index contributed by atoms with van der Waals surface area (Å²) in [5.41, 5.74) is 2.33. The van der Waals surface area contributed by atoms with Crippen LogP contribution >= 0.6 is 11.6 Å². The summed E-state index contributed by atoms with van der Waals surface area (Å²) in [5.74, 6) is 0.366. The Morgan fingerprint density at radius 2 is 2.00 bits per heavy atom. The maximum absolute atomic E-state index is 11.3. The summed E-state index contributed by atoms with van der Waals surface area (Å²) >= 11 is 5.49. The van der Waals surface area contributed by atoms with Crippen LogP contribution < -0.4 is 5.32 Å². The number of alkyl halides is 1. The first kappa shape index (κ1) is 12.1. The van der Waals surface area contributed by atoms with Crippen molar-refractivity contribution >= 4 is 17.5 Å². The Kier molecular flexibility index (Phi) is 4.63. The fourth-order valence-electron chi connectivity index (χ4n) is 1.34. The molecule has 0 heterocycles. The molecule has 0 radical (unpaired) electrons. The Bertz CT molecular complexity index is 321. The third kappa shape index (κ3) is 3.92. The topological polar surface area (TPSA) is 29.1 Å². The molecule has 0 bridgehead atoms. The Balaban J connectivity index is 2.57. The van der Waals surface area contributed by atoms with Crippen LogP contribution in [0.2, 0.25) is 0 Å². The highest BCUT2D eigenvalue weighted by molar-refractivity contribution is 6.18. The Hall–Kier alpha value is -1.02. The van der Waals surface area contributed by atoms with Gasteiger partial charge in [-0.25, -0.2) is 0 Å². The van der Waals surface area contributed by atoms with Crippen LogP contribution in [0, 0.1) is 6.92 Å². The second kappa shape index (κ2) is 5.76. The molecular weight excluding hydrogens is 210 g/mol. The van der Waals surface area contributed by atoms with E-state index in [1.54, 1.807) is 0 Å². The number of nitrogens with one attached hydrogen (secondary N) is 1. The Morgan fingerprint density at radius 1 is 1.40 bits per heavy atom. The van der Waals surface area contributed by atoms with Gasteiger partial charge in [-0.15, -0.1) is 11.6 Å². The van der Waals surface area contributed by atoms with E-state index >= 15 is 0 Å². The molecular formula is C12H16ClNO. The molecule has 1 aromatic rings. The molecule has 1 atom stereocenters. The van der Waals surface area contributed by atoms with Crippen LogP contribution in [0.5, 0.6) is 0 Å². The van der Waals surface area contributed by atoms with Crippen LogP contribution in [0.3, 0.4) is 0 Å². The van der Waals surface area contributed by atoms with Crippen molar-refractivity contribution in [3.8, 4) is 0 Å². The van der Waals surface area contributed by atoms with E-state index in [1.165, 1.54) is 5.56 Å². The second-order valence-electron chi connectivity index (χ2n) is 3.64. The van der Waals surface area contributed by atoms with Crippen molar-refractivity contribution in [2.24, 2.45) is 0 Å². The average Bonchev–Trinajstić information content (AvgIpc) is 2.18. The van der Waals surface area contributed by atoms with E-state index in [9.17, 15) is 4.79 Å². The van der Waals surface area contributed by atoms with Gasteiger partial charge < -0.3 is 5.32 Å². The lowest BCUT2D eigenvalue weighted by Gasteiger charge is -2.14. The summed E-state index contributed by atoms with van der Waals surface area (Å²) in [6, 6.07) is 8.18. The van der Waals surface area contributed by atoms with E-state index in [0.29, 0.717) is 12.3 Å². The van der Waals surface area contributed by atoms with Crippen LogP contribution in [0.15, 0.2) is 24.3 Å². The number of carbonyl (C=O) groups is 1. The number of carbonyl (C=O) groups excluding carboxylic acids is 1. The van der Waals surface area contributed by atoms with Gasteiger partial charge in [-0.05, 0) is 19.4 Å². The summed E-state index contributed by atoms with van der Waals surface area (Å²) < 4.78 is 0. The summed E-state index contributed by atoms with van der Waals surface area (Å²) in [5, 5.41) is 2.89. The zero-order valence-corrected chi connectivity index (χ0v) is 9.84. The molecule has 0 unspecified atom stereocenters. The lowest BCUT2D eigenvalue weighted by molar-refractivity contribution is -0.121. The molecule has 0 aliphatic carbocycles. The summed E-state index contributed by atoms with van der Waals surface area (Å²) in [4.78, 5) is 11.3. The van der Waals surface area contributed by atoms with Gasteiger partial charge in [0.1, 0.15) is 0 Å². The minimum Gasteiger partial charge on any atom is -0.350 e. The van der Waals surface area contributed by atoms with Crippen LogP contribution in [0.1, 0.15) is 30.5 Å². The summed E-state index contributed by atoms with van der Waals surface area (Å²) in [7, 11) is 0. The fraction of sp³-hybridized carbons (Fsp3) is 0.417. The third-order valence-corrected chi connectivity index (χ3v) is 2.47. The molecule has 2 nitrogen and oxygen atoms in total. The van der Waals surface area contributed by atoms with Gasteiger partial charge in [0.15, 0.2) is 0 Å². The number of benzene rings is 1. The fourth-order valence-corrected chi connectivity index (χ4v) is 1.51. The number of aryl methyl sites for hydroxylation is 1. The van der Waals surface area contributed by atoms with Gasteiger partial charge in [0.25, 0.3) is 0 Å². The van der Waals surface area contributed by atoms with Crippen molar-refractivity contribution in [2.75, 3.05) is 5.88 Å². The largest absolute Gasteiger partial charge is 0.350 e. The van der Waals surface area contributed by atoms with E-state index < -0.39 is 0 Å². The maximum atomic E-state index is 11.3. The van der Waals surface area contributed by atoms with E-state index in [0.717, 1.165) is 5.56 Å². The predicted molar refractivity (Wildman–Crippen MR) is 63.1 cm³/mol. The van der Waals surface area contributed by atoms with Crippen molar-refractivity contribution in [3.05, 3.63) is 35.4 Å². The van der Waals surface area contributed by atoms with Gasteiger partial charge in [-0.2, -0.15) is 0 Å². The van der Waals surface area contributed by atoms with Crippen molar-refractivity contribution < 1.29 is 4.79 Å². The standard InChI is InChI=1S/C12H16ClNO/c1-9-3-5-11(6-4-9)10(2)14-12(15)7-8-13/h3-6,10H,7-8H2,1-2H3,(H,14,15)/t10-/m1/s1. The molecule has 82 valence electrons. The molecule has 0 saturated heterocycles. The van der Waals surface area contributed by atoms with Gasteiger partial charge in [0.05, 0.1) is 6.04 Å². The first-order chi connectivity index (χ1) is 7.13. The van der Waals surface area contributed by atoms with Crippen LogP contribution in [-0.2, 0) is 4.79 Å². The first-order valence-electron chi connectivity index (χ1n) is 5.05. The summed E-state index contributed by atoms with van der Waals surface area (Å²) in [6.07, 6.45) is 0.373. The molecule has 0 fully saturated rings. The van der Waals surface area contributed by atoms with Crippen LogP contribution in [-0.4, -0.2) is 11.8 Å². The van der Waals surface area contributed by atoms with E-state index in [1.807, 2.05) is 38.1 Å². The smallest absolute Gasteiger partial charge is 0.221 e. The van der Waals surface area contributed by atoms with E-state index in [-0.39, 0.29) is 11.9 Å². The number of hydrogen-bond acceptors (Lipinski definition) is 1. The molecule has 0 aliphatic rings. The summed E-state index contributed by atoms with van der Waals surface area (Å²) in [6.45, 7) is 4.01. The quantitative estimate of drug-likeness (QED) is 0.785. The zero-order valence-electron chi connectivity index (χ0n) is 9.09. The highest BCUT2D eigenvalue weighted by Gasteiger charge is 2.08. The lowest BCUT2D eigenvalue weighted by Crippen LogP contribution is -2.26. The van der Waals surface area contributed by atoms with Crippen molar-refractivity contribution in [1.29, 1.82) is 0 Å². The second-order valence-corrected chi connectivity index (χ2v) is 4.02. The molecule has 3 heteroatoms. The molecule has 1 amide bonds. The Labute approximate surface area is 95.6 Å². The van der Waals surface area contributed by atoms with E-state index in [4.69, 9.17) is 11.6 Å². The van der Waals surface area contributed by atoms with Crippen LogP contribution in [0.25, 0.3) is 0 Å². The average molecular weight is 226 g/mol. The Morgan fingerprint density at radius 3 is 2.53 bits per heavy atom. The lowest BCUT2D eigenvalue weighted by atomic mass is 10.1. The minimum atomic E-state index is -0.00178. The normalized spacial score (nSPS) is 12.2. The van der Waals surface area contributed by atoms with Gasteiger partial charge in [0.2, 0.25) is 5.91 Å². The molecule has 0 aliphatic heterocycles. The zero-order chi connectivity index (χ0) is 11.3. The SMILES string of the molecule is Cc1ccc([C@@H](C)NC(=O)CCCl)cc1. The van der Waals surface area contributed by atoms with Crippen molar-refractivity contribution in [1.82, 2.24) is 5.32 Å². The molecule has 0 spiro atoms. The van der Waals surface area contributed by atoms with Crippen molar-refractivity contribution in [2.45, 2.75) is 26.3 Å². The van der Waals surface area contributed by atoms with Gasteiger partial charge in [0, 0.05) is 12.3 Å². The maximum Gasteiger partial charge on any atom is 0.221 e. The third-order valence-electron chi connectivity index (χ3n) is 2.28. The first-order valence-corrected chi connectivity index (χ1v) is 5.59. The number of hydrogen-bond donors (Lipinski definition) is 1. The molecule has 15 heavy (non-hydrogen) atoms. The number of halogens is 1. The predicted octanol–water partition coefficient (Wildman–Crippen LogP) is 2.80. The molecule has 0 aromatic heterocycles. The van der Waals surface area contributed by atoms with Gasteiger partial charge in [-0.1, -0.05) is 29.8 Å². The van der Waals surface area contributed by atoms with Crippen molar-refractivity contribution in [3.63, 3.8) is 0 Å². The van der Waals surface area contributed by atoms with Crippen LogP contribution in [0.4, 0.5) is 0 Å². The molecule has 0 saturated carbocycles.